The maximum atomic E-state index is 12.6. The van der Waals surface area contributed by atoms with E-state index in [9.17, 15) is 9.59 Å². The zero-order valence-corrected chi connectivity index (χ0v) is 13.9. The van der Waals surface area contributed by atoms with Gasteiger partial charge >= 0.3 is 5.76 Å². The van der Waals surface area contributed by atoms with Crippen molar-refractivity contribution in [3.05, 3.63) is 69.7 Å². The van der Waals surface area contributed by atoms with Crippen molar-refractivity contribution in [1.82, 2.24) is 9.88 Å². The molecular weight excluding hydrogens is 318 g/mol. The number of nitrogens with one attached hydrogen (secondary N) is 1. The van der Waals surface area contributed by atoms with Crippen molar-refractivity contribution in [2.45, 2.75) is 24.9 Å². The highest BCUT2D eigenvalue weighted by Crippen LogP contribution is 2.28. The molecule has 0 radical (unpaired) electrons. The molecule has 1 aliphatic rings. The lowest BCUT2D eigenvalue weighted by molar-refractivity contribution is -0.126. The van der Waals surface area contributed by atoms with E-state index in [1.54, 1.807) is 13.1 Å². The summed E-state index contributed by atoms with van der Waals surface area (Å²) in [5.74, 6) is -0.564. The molecule has 2 aromatic carbocycles. The third-order valence-electron chi connectivity index (χ3n) is 4.89. The first-order valence-electron chi connectivity index (χ1n) is 8.19. The molecule has 0 spiro atoms. The first-order valence-corrected chi connectivity index (χ1v) is 8.19. The molecule has 1 amide bonds. The van der Waals surface area contributed by atoms with Gasteiger partial charge in [-0.3, -0.25) is 9.36 Å². The lowest BCUT2D eigenvalue weighted by Crippen LogP contribution is -2.54. The number of oxazole rings is 1. The number of amides is 1. The fourth-order valence-corrected chi connectivity index (χ4v) is 3.45. The lowest BCUT2D eigenvalue weighted by Gasteiger charge is -2.22. The van der Waals surface area contributed by atoms with Gasteiger partial charge in [-0.1, -0.05) is 30.3 Å². The molecule has 0 saturated carbocycles. The highest BCUT2D eigenvalue weighted by Gasteiger charge is 2.39. The number of rotatable bonds is 3. The highest BCUT2D eigenvalue weighted by molar-refractivity contribution is 5.88. The Morgan fingerprint density at radius 3 is 2.60 bits per heavy atom. The van der Waals surface area contributed by atoms with Crippen LogP contribution in [0.15, 0.2) is 51.7 Å². The van der Waals surface area contributed by atoms with E-state index in [1.807, 2.05) is 36.4 Å². The number of nitrogens with two attached hydrogens (primary N) is 1. The van der Waals surface area contributed by atoms with Gasteiger partial charge in [0.1, 0.15) is 5.54 Å². The van der Waals surface area contributed by atoms with E-state index in [-0.39, 0.29) is 5.91 Å². The molecule has 25 heavy (non-hydrogen) atoms. The van der Waals surface area contributed by atoms with Crippen LogP contribution in [-0.4, -0.2) is 16.0 Å². The Morgan fingerprint density at radius 2 is 1.92 bits per heavy atom. The topological polar surface area (TPSA) is 90.3 Å². The molecule has 1 aromatic heterocycles. The van der Waals surface area contributed by atoms with Gasteiger partial charge in [0, 0.05) is 13.6 Å². The number of fused-ring (bicyclic) bond motifs is 2. The number of aryl methyl sites for hydroxylation is 1. The molecule has 0 aliphatic heterocycles. The molecule has 0 fully saturated rings. The Kier molecular flexibility index (Phi) is 3.51. The molecule has 0 saturated heterocycles. The predicted molar refractivity (Wildman–Crippen MR) is 94.1 cm³/mol. The smallest absolute Gasteiger partial charge is 0.408 e. The summed E-state index contributed by atoms with van der Waals surface area (Å²) < 4.78 is 6.56. The molecule has 0 bridgehead atoms. The van der Waals surface area contributed by atoms with Crippen LogP contribution in [0.1, 0.15) is 16.7 Å². The average molecular weight is 337 g/mol. The van der Waals surface area contributed by atoms with Crippen molar-refractivity contribution in [3.63, 3.8) is 0 Å². The summed E-state index contributed by atoms with van der Waals surface area (Å²) in [5, 5.41) is 2.93. The van der Waals surface area contributed by atoms with Crippen LogP contribution in [0.25, 0.3) is 11.1 Å². The number of nitrogens with zero attached hydrogens (tertiary/aromatic N) is 1. The van der Waals surface area contributed by atoms with Crippen LogP contribution in [0.2, 0.25) is 0 Å². The summed E-state index contributed by atoms with van der Waals surface area (Å²) in [4.78, 5) is 24.2. The third kappa shape index (κ3) is 2.64. The van der Waals surface area contributed by atoms with Gasteiger partial charge in [-0.2, -0.15) is 0 Å². The molecular formula is C19H19N3O3. The van der Waals surface area contributed by atoms with E-state index in [2.05, 4.69) is 5.32 Å². The molecule has 6 nitrogen and oxygen atoms in total. The molecule has 1 heterocycles. The van der Waals surface area contributed by atoms with E-state index in [4.69, 9.17) is 10.2 Å². The van der Waals surface area contributed by atoms with Gasteiger partial charge in [-0.15, -0.1) is 0 Å². The average Bonchev–Trinajstić information content (AvgIpc) is 3.10. The Balaban J connectivity index is 1.49. The maximum absolute atomic E-state index is 12.6. The van der Waals surface area contributed by atoms with Gasteiger partial charge in [-0.25, -0.2) is 4.79 Å². The molecule has 4 rings (SSSR count). The number of carbonyl (C=O) groups is 1. The third-order valence-corrected chi connectivity index (χ3v) is 4.89. The van der Waals surface area contributed by atoms with Gasteiger partial charge in [-0.05, 0) is 41.7 Å². The van der Waals surface area contributed by atoms with Crippen molar-refractivity contribution in [3.8, 4) is 0 Å². The normalized spacial score (nSPS) is 15.3. The largest absolute Gasteiger partial charge is 0.419 e. The van der Waals surface area contributed by atoms with Crippen LogP contribution in [-0.2, 0) is 31.2 Å². The molecule has 3 N–H and O–H groups in total. The highest BCUT2D eigenvalue weighted by atomic mass is 16.4. The zero-order valence-electron chi connectivity index (χ0n) is 13.9. The second kappa shape index (κ2) is 5.60. The van der Waals surface area contributed by atoms with Crippen LogP contribution in [0, 0.1) is 0 Å². The van der Waals surface area contributed by atoms with E-state index < -0.39 is 11.3 Å². The Bertz CT molecular complexity index is 1010. The number of aromatic nitrogens is 1. The second-order valence-corrected chi connectivity index (χ2v) is 6.69. The van der Waals surface area contributed by atoms with Crippen LogP contribution in [0.4, 0.5) is 0 Å². The summed E-state index contributed by atoms with van der Waals surface area (Å²) in [5.41, 5.74) is 9.84. The summed E-state index contributed by atoms with van der Waals surface area (Å²) in [6.07, 6.45) is 1.09. The van der Waals surface area contributed by atoms with E-state index in [0.717, 1.165) is 16.7 Å². The monoisotopic (exact) mass is 337 g/mol. The second-order valence-electron chi connectivity index (χ2n) is 6.69. The van der Waals surface area contributed by atoms with E-state index in [0.29, 0.717) is 30.5 Å². The standard InChI is InChI=1S/C19H19N3O3/c1-22-15-8-12(6-7-16(15)25-18(22)24)11-21-17(23)19(20)9-13-4-2-3-5-14(13)10-19/h2-8H,9-11,20H2,1H3,(H,21,23). The van der Waals surface area contributed by atoms with Crippen molar-refractivity contribution < 1.29 is 9.21 Å². The zero-order chi connectivity index (χ0) is 17.6. The fourth-order valence-electron chi connectivity index (χ4n) is 3.45. The molecule has 128 valence electrons. The SMILES string of the molecule is Cn1c(=O)oc2ccc(CNC(=O)C3(N)Cc4ccccc4C3)cc21. The molecule has 0 unspecified atom stereocenters. The van der Waals surface area contributed by atoms with Crippen LogP contribution < -0.4 is 16.8 Å². The lowest BCUT2D eigenvalue weighted by atomic mass is 9.96. The number of hydrogen-bond acceptors (Lipinski definition) is 4. The van der Waals surface area contributed by atoms with E-state index in [1.165, 1.54) is 4.57 Å². The summed E-state index contributed by atoms with van der Waals surface area (Å²) in [6, 6.07) is 13.4. The fraction of sp³-hybridized carbons (Fsp3) is 0.263. The van der Waals surface area contributed by atoms with Crippen LogP contribution in [0.5, 0.6) is 0 Å². The van der Waals surface area contributed by atoms with Gasteiger partial charge in [0.05, 0.1) is 5.52 Å². The summed E-state index contributed by atoms with van der Waals surface area (Å²) in [6.45, 7) is 0.351. The van der Waals surface area contributed by atoms with Crippen molar-refractivity contribution in [2.24, 2.45) is 12.8 Å². The summed E-state index contributed by atoms with van der Waals surface area (Å²) >= 11 is 0. The van der Waals surface area contributed by atoms with Gasteiger partial charge < -0.3 is 15.5 Å². The van der Waals surface area contributed by atoms with Crippen molar-refractivity contribution in [1.29, 1.82) is 0 Å². The minimum atomic E-state index is -0.906. The first kappa shape index (κ1) is 15.7. The Labute approximate surface area is 144 Å². The number of carbonyl (C=O) groups excluding carboxylic acids is 1. The van der Waals surface area contributed by atoms with Gasteiger partial charge in [0.25, 0.3) is 0 Å². The minimum Gasteiger partial charge on any atom is -0.408 e. The molecule has 3 aromatic rings. The van der Waals surface area contributed by atoms with Gasteiger partial charge in [0.15, 0.2) is 5.58 Å². The molecule has 0 atom stereocenters. The first-order chi connectivity index (χ1) is 12.0. The number of hydrogen-bond donors (Lipinski definition) is 2. The van der Waals surface area contributed by atoms with Crippen molar-refractivity contribution >= 4 is 17.0 Å². The Hall–Kier alpha value is -2.86. The van der Waals surface area contributed by atoms with Crippen molar-refractivity contribution in [2.75, 3.05) is 0 Å². The van der Waals surface area contributed by atoms with Crippen LogP contribution >= 0.6 is 0 Å². The maximum Gasteiger partial charge on any atom is 0.419 e. The van der Waals surface area contributed by atoms with Gasteiger partial charge in [0.2, 0.25) is 5.91 Å². The predicted octanol–water partition coefficient (Wildman–Crippen LogP) is 1.24. The quantitative estimate of drug-likeness (QED) is 0.752. The minimum absolute atomic E-state index is 0.162. The molecule has 6 heteroatoms. The van der Waals surface area contributed by atoms with E-state index >= 15 is 0 Å². The molecule has 1 aliphatic carbocycles. The van der Waals surface area contributed by atoms with Crippen LogP contribution in [0.3, 0.4) is 0 Å². The summed E-state index contributed by atoms with van der Waals surface area (Å²) in [7, 11) is 1.65. The Morgan fingerprint density at radius 1 is 1.24 bits per heavy atom. The number of benzene rings is 2.